The fourth-order valence-corrected chi connectivity index (χ4v) is 3.44. The lowest BCUT2D eigenvalue weighted by molar-refractivity contribution is 0.603. The smallest absolute Gasteiger partial charge is 0.216 e. The zero-order valence-corrected chi connectivity index (χ0v) is 13.9. The maximum atomic E-state index is 12.5. The molecule has 0 aliphatic rings. The van der Waals surface area contributed by atoms with Crippen LogP contribution in [0.5, 0.6) is 0 Å². The van der Waals surface area contributed by atoms with Crippen molar-refractivity contribution in [3.8, 4) is 6.07 Å². The van der Waals surface area contributed by atoms with Gasteiger partial charge in [-0.2, -0.15) is 5.26 Å². The molecular weight excluding hydrogens is 341 g/mol. The largest absolute Gasteiger partial charge is 0.218 e. The third-order valence-electron chi connectivity index (χ3n) is 3.01. The van der Waals surface area contributed by atoms with Crippen LogP contribution < -0.4 is 0 Å². The number of benzene rings is 2. The molecule has 0 radical (unpaired) electrons. The first-order valence-electron chi connectivity index (χ1n) is 6.24. The van der Waals surface area contributed by atoms with Crippen molar-refractivity contribution in [2.24, 2.45) is 0 Å². The Morgan fingerprint density at radius 2 is 1.64 bits per heavy atom. The molecule has 0 unspecified atom stereocenters. The van der Waals surface area contributed by atoms with Gasteiger partial charge in [0.15, 0.2) is 0 Å². The van der Waals surface area contributed by atoms with Gasteiger partial charge in [-0.05, 0) is 37.3 Å². The predicted molar refractivity (Wildman–Crippen MR) is 88.4 cm³/mol. The molecule has 6 heteroatoms. The summed E-state index contributed by atoms with van der Waals surface area (Å²) in [7, 11) is -3.92. The Balaban J connectivity index is 2.59. The molecule has 0 N–H and O–H groups in total. The summed E-state index contributed by atoms with van der Waals surface area (Å²) in [5.41, 5.74) is 1.23. The number of aryl methyl sites for hydroxylation is 1. The van der Waals surface area contributed by atoms with E-state index in [1.165, 1.54) is 18.2 Å². The minimum atomic E-state index is -3.92. The van der Waals surface area contributed by atoms with Crippen molar-refractivity contribution in [3.05, 3.63) is 68.5 Å². The molecular formula is C16H11Cl2NO2S. The molecule has 0 saturated heterocycles. The second-order valence-electron chi connectivity index (χ2n) is 4.57. The van der Waals surface area contributed by atoms with E-state index >= 15 is 0 Å². The molecule has 2 aromatic carbocycles. The van der Waals surface area contributed by atoms with Crippen LogP contribution in [0.3, 0.4) is 0 Å². The van der Waals surface area contributed by atoms with Crippen molar-refractivity contribution in [1.29, 1.82) is 5.26 Å². The molecule has 0 amide bonds. The second kappa shape index (κ2) is 6.53. The highest BCUT2D eigenvalue weighted by atomic mass is 35.5. The molecule has 0 saturated carbocycles. The lowest BCUT2D eigenvalue weighted by atomic mass is 10.2. The molecule has 22 heavy (non-hydrogen) atoms. The molecule has 0 aliphatic heterocycles. The van der Waals surface area contributed by atoms with Gasteiger partial charge in [0.25, 0.3) is 0 Å². The molecule has 0 heterocycles. The highest BCUT2D eigenvalue weighted by molar-refractivity contribution is 7.95. The minimum Gasteiger partial charge on any atom is -0.218 e. The van der Waals surface area contributed by atoms with Crippen LogP contribution in [0, 0.1) is 18.3 Å². The average molecular weight is 352 g/mol. The van der Waals surface area contributed by atoms with E-state index in [0.29, 0.717) is 5.56 Å². The van der Waals surface area contributed by atoms with E-state index in [2.05, 4.69) is 0 Å². The molecule has 0 atom stereocenters. The number of nitriles is 1. The van der Waals surface area contributed by atoms with E-state index < -0.39 is 14.7 Å². The summed E-state index contributed by atoms with van der Waals surface area (Å²) in [5, 5.41) is 9.79. The van der Waals surface area contributed by atoms with Crippen LogP contribution in [0.1, 0.15) is 11.1 Å². The van der Waals surface area contributed by atoms with E-state index in [4.69, 9.17) is 23.2 Å². The van der Waals surface area contributed by atoms with Crippen LogP contribution in [0.2, 0.25) is 10.0 Å². The molecule has 0 fully saturated rings. The van der Waals surface area contributed by atoms with Crippen LogP contribution in [0.25, 0.3) is 6.08 Å². The highest BCUT2D eigenvalue weighted by Crippen LogP contribution is 2.29. The molecule has 0 aromatic heterocycles. The molecule has 2 aromatic rings. The second-order valence-corrected chi connectivity index (χ2v) is 7.30. The van der Waals surface area contributed by atoms with Gasteiger partial charge >= 0.3 is 0 Å². The van der Waals surface area contributed by atoms with E-state index in [-0.39, 0.29) is 14.9 Å². The van der Waals surface area contributed by atoms with Gasteiger partial charge in [-0.3, -0.25) is 0 Å². The van der Waals surface area contributed by atoms with Gasteiger partial charge in [0.2, 0.25) is 9.84 Å². The molecule has 3 nitrogen and oxygen atoms in total. The number of rotatable bonds is 3. The molecule has 112 valence electrons. The van der Waals surface area contributed by atoms with Crippen molar-refractivity contribution >= 4 is 39.1 Å². The van der Waals surface area contributed by atoms with Gasteiger partial charge in [-0.1, -0.05) is 47.0 Å². The van der Waals surface area contributed by atoms with E-state index in [9.17, 15) is 13.7 Å². The summed E-state index contributed by atoms with van der Waals surface area (Å²) in [6.07, 6.45) is 1.19. The first-order valence-corrected chi connectivity index (χ1v) is 8.47. The van der Waals surface area contributed by atoms with Crippen LogP contribution in [-0.2, 0) is 9.84 Å². The maximum absolute atomic E-state index is 12.5. The SMILES string of the molecule is Cc1ccc(S(=O)(=O)/C(C#N)=C/c2c(Cl)cccc2Cl)cc1. The predicted octanol–water partition coefficient (Wildman–Crippen LogP) is 4.64. The monoisotopic (exact) mass is 351 g/mol. The van der Waals surface area contributed by atoms with Gasteiger partial charge in [-0.25, -0.2) is 8.42 Å². The first-order chi connectivity index (χ1) is 10.4. The quantitative estimate of drug-likeness (QED) is 0.756. The summed E-state index contributed by atoms with van der Waals surface area (Å²) >= 11 is 12.0. The van der Waals surface area contributed by atoms with Crippen molar-refractivity contribution in [3.63, 3.8) is 0 Å². The van der Waals surface area contributed by atoms with Crippen molar-refractivity contribution in [1.82, 2.24) is 0 Å². The van der Waals surface area contributed by atoms with Crippen LogP contribution in [0.4, 0.5) is 0 Å². The third-order valence-corrected chi connectivity index (χ3v) is 5.35. The maximum Gasteiger partial charge on any atom is 0.216 e. The van der Waals surface area contributed by atoms with Gasteiger partial charge in [-0.15, -0.1) is 0 Å². The number of halogens is 2. The molecule has 0 spiro atoms. The topological polar surface area (TPSA) is 57.9 Å². The Hall–Kier alpha value is -1.80. The van der Waals surface area contributed by atoms with Crippen LogP contribution in [-0.4, -0.2) is 8.42 Å². The standard InChI is InChI=1S/C16H11Cl2NO2S/c1-11-5-7-12(8-6-11)22(20,21)13(10-19)9-14-15(17)3-2-4-16(14)18/h2-9H,1H3/b13-9+. The summed E-state index contributed by atoms with van der Waals surface area (Å²) in [6, 6.07) is 12.8. The van der Waals surface area contributed by atoms with Crippen molar-refractivity contribution in [2.45, 2.75) is 11.8 Å². The van der Waals surface area contributed by atoms with Gasteiger partial charge in [0.05, 0.1) is 4.90 Å². The van der Waals surface area contributed by atoms with E-state index in [1.807, 2.05) is 6.92 Å². The van der Waals surface area contributed by atoms with Gasteiger partial charge in [0, 0.05) is 15.6 Å². The Bertz CT molecular complexity index is 859. The first kappa shape index (κ1) is 16.6. The van der Waals surface area contributed by atoms with Crippen molar-refractivity contribution in [2.75, 3.05) is 0 Å². The number of hydrogen-bond donors (Lipinski definition) is 0. The highest BCUT2D eigenvalue weighted by Gasteiger charge is 2.21. The Kier molecular flexibility index (Phi) is 4.92. The van der Waals surface area contributed by atoms with E-state index in [1.54, 1.807) is 36.4 Å². The Morgan fingerprint density at radius 1 is 1.09 bits per heavy atom. The number of hydrogen-bond acceptors (Lipinski definition) is 3. The Labute approximate surface area is 139 Å². The number of allylic oxidation sites excluding steroid dienone is 1. The summed E-state index contributed by atoms with van der Waals surface area (Å²) in [5.74, 6) is 0. The number of nitrogens with zero attached hydrogens (tertiary/aromatic N) is 1. The fraction of sp³-hybridized carbons (Fsp3) is 0.0625. The third kappa shape index (κ3) is 3.33. The lowest BCUT2D eigenvalue weighted by Gasteiger charge is -2.05. The zero-order chi connectivity index (χ0) is 16.3. The summed E-state index contributed by atoms with van der Waals surface area (Å²) < 4.78 is 25.0. The van der Waals surface area contributed by atoms with Crippen LogP contribution in [0.15, 0.2) is 52.3 Å². The summed E-state index contributed by atoms with van der Waals surface area (Å²) in [6.45, 7) is 1.85. The average Bonchev–Trinajstić information content (AvgIpc) is 2.47. The molecule has 2 rings (SSSR count). The van der Waals surface area contributed by atoms with E-state index in [0.717, 1.165) is 5.56 Å². The molecule has 0 bridgehead atoms. The molecule has 0 aliphatic carbocycles. The van der Waals surface area contributed by atoms with Crippen LogP contribution >= 0.6 is 23.2 Å². The van der Waals surface area contributed by atoms with Gasteiger partial charge < -0.3 is 0 Å². The van der Waals surface area contributed by atoms with Gasteiger partial charge in [0.1, 0.15) is 11.0 Å². The van der Waals surface area contributed by atoms with Crippen molar-refractivity contribution < 1.29 is 8.42 Å². The fourth-order valence-electron chi connectivity index (χ4n) is 1.79. The lowest BCUT2D eigenvalue weighted by Crippen LogP contribution is -2.03. The number of sulfone groups is 1. The minimum absolute atomic E-state index is 0.0501. The Morgan fingerprint density at radius 3 is 2.14 bits per heavy atom. The summed E-state index contributed by atoms with van der Waals surface area (Å²) in [4.78, 5) is -0.361. The zero-order valence-electron chi connectivity index (χ0n) is 11.5. The normalized spacial score (nSPS) is 12.0.